The van der Waals surface area contributed by atoms with Crippen molar-refractivity contribution in [3.05, 3.63) is 84.3 Å². The smallest absolute Gasteiger partial charge is 0.343 e. The summed E-state index contributed by atoms with van der Waals surface area (Å²) in [6.45, 7) is 0. The molecule has 0 aliphatic rings. The lowest BCUT2D eigenvalue weighted by Crippen LogP contribution is -2.09. The summed E-state index contributed by atoms with van der Waals surface area (Å²) in [6, 6.07) is 17.9. The molecular formula is C18H12FNO2. The SMILES string of the molecule is O=C(Oc1ccc(F)cc1-c1ccccn1)c1ccccc1. The van der Waals surface area contributed by atoms with Crippen LogP contribution in [0.3, 0.4) is 0 Å². The largest absolute Gasteiger partial charge is 0.422 e. The minimum Gasteiger partial charge on any atom is -0.422 e. The minimum atomic E-state index is -0.496. The Balaban J connectivity index is 1.96. The molecule has 0 unspecified atom stereocenters. The van der Waals surface area contributed by atoms with Gasteiger partial charge in [-0.05, 0) is 42.5 Å². The van der Waals surface area contributed by atoms with E-state index in [-0.39, 0.29) is 5.75 Å². The van der Waals surface area contributed by atoms with E-state index in [0.29, 0.717) is 16.8 Å². The fourth-order valence-corrected chi connectivity index (χ4v) is 2.05. The summed E-state index contributed by atoms with van der Waals surface area (Å²) in [5.74, 6) is -0.640. The van der Waals surface area contributed by atoms with E-state index >= 15 is 0 Å². The Labute approximate surface area is 127 Å². The van der Waals surface area contributed by atoms with Crippen molar-refractivity contribution in [2.75, 3.05) is 0 Å². The molecule has 0 atom stereocenters. The van der Waals surface area contributed by atoms with Crippen molar-refractivity contribution in [3.63, 3.8) is 0 Å². The van der Waals surface area contributed by atoms with Crippen LogP contribution >= 0.6 is 0 Å². The summed E-state index contributed by atoms with van der Waals surface area (Å²) in [6.07, 6.45) is 1.60. The third kappa shape index (κ3) is 3.01. The standard InChI is InChI=1S/C18H12FNO2/c19-14-9-10-17(15(12-14)16-8-4-5-11-20-16)22-18(21)13-6-2-1-3-7-13/h1-12H. The summed E-state index contributed by atoms with van der Waals surface area (Å²) in [5.41, 5.74) is 1.40. The molecule has 1 aromatic heterocycles. The molecule has 3 aromatic rings. The van der Waals surface area contributed by atoms with Crippen molar-refractivity contribution < 1.29 is 13.9 Å². The number of hydrogen-bond donors (Lipinski definition) is 0. The predicted molar refractivity (Wildman–Crippen MR) is 81.0 cm³/mol. The molecule has 0 radical (unpaired) electrons. The Morgan fingerprint density at radius 2 is 1.73 bits per heavy atom. The highest BCUT2D eigenvalue weighted by atomic mass is 19.1. The Hall–Kier alpha value is -3.01. The Kier molecular flexibility index (Phi) is 3.92. The third-order valence-corrected chi connectivity index (χ3v) is 3.09. The van der Waals surface area contributed by atoms with Gasteiger partial charge in [-0.1, -0.05) is 24.3 Å². The molecular weight excluding hydrogens is 281 g/mol. The van der Waals surface area contributed by atoms with Crippen molar-refractivity contribution >= 4 is 5.97 Å². The molecule has 4 heteroatoms. The fourth-order valence-electron chi connectivity index (χ4n) is 2.05. The van der Waals surface area contributed by atoms with Crippen LogP contribution < -0.4 is 4.74 Å². The summed E-state index contributed by atoms with van der Waals surface area (Å²) < 4.78 is 18.9. The summed E-state index contributed by atoms with van der Waals surface area (Å²) in [7, 11) is 0. The Morgan fingerprint density at radius 3 is 2.45 bits per heavy atom. The molecule has 0 aliphatic carbocycles. The molecule has 2 aromatic carbocycles. The highest BCUT2D eigenvalue weighted by molar-refractivity contribution is 5.92. The molecule has 0 amide bonds. The monoisotopic (exact) mass is 293 g/mol. The predicted octanol–water partition coefficient (Wildman–Crippen LogP) is 4.11. The second-order valence-electron chi connectivity index (χ2n) is 4.61. The van der Waals surface area contributed by atoms with Gasteiger partial charge in [0, 0.05) is 11.8 Å². The van der Waals surface area contributed by atoms with E-state index in [4.69, 9.17) is 4.74 Å². The number of nitrogens with zero attached hydrogens (tertiary/aromatic N) is 1. The lowest BCUT2D eigenvalue weighted by atomic mass is 10.1. The molecule has 108 valence electrons. The average molecular weight is 293 g/mol. The van der Waals surface area contributed by atoms with E-state index in [2.05, 4.69) is 4.98 Å². The highest BCUT2D eigenvalue weighted by Crippen LogP contribution is 2.29. The molecule has 0 aliphatic heterocycles. The van der Waals surface area contributed by atoms with Gasteiger partial charge in [0.2, 0.25) is 0 Å². The summed E-state index contributed by atoms with van der Waals surface area (Å²) in [4.78, 5) is 16.3. The van der Waals surface area contributed by atoms with Crippen LogP contribution in [0, 0.1) is 5.82 Å². The van der Waals surface area contributed by atoms with E-state index in [9.17, 15) is 9.18 Å². The van der Waals surface area contributed by atoms with Crippen molar-refractivity contribution in [2.24, 2.45) is 0 Å². The van der Waals surface area contributed by atoms with Gasteiger partial charge in [-0.3, -0.25) is 4.98 Å². The zero-order valence-corrected chi connectivity index (χ0v) is 11.6. The van der Waals surface area contributed by atoms with Crippen molar-refractivity contribution in [1.82, 2.24) is 4.98 Å². The fraction of sp³-hybridized carbons (Fsp3) is 0. The highest BCUT2D eigenvalue weighted by Gasteiger charge is 2.14. The molecule has 3 rings (SSSR count). The van der Waals surface area contributed by atoms with Crippen molar-refractivity contribution in [2.45, 2.75) is 0 Å². The van der Waals surface area contributed by atoms with Crippen LogP contribution in [-0.2, 0) is 0 Å². The molecule has 0 saturated heterocycles. The molecule has 0 fully saturated rings. The van der Waals surface area contributed by atoms with E-state index in [1.165, 1.54) is 18.2 Å². The first-order chi connectivity index (χ1) is 10.7. The lowest BCUT2D eigenvalue weighted by Gasteiger charge is -2.10. The molecule has 1 heterocycles. The van der Waals surface area contributed by atoms with E-state index < -0.39 is 11.8 Å². The van der Waals surface area contributed by atoms with Crippen LogP contribution in [0.1, 0.15) is 10.4 Å². The maximum absolute atomic E-state index is 13.5. The topological polar surface area (TPSA) is 39.2 Å². The molecule has 0 saturated carbocycles. The first kappa shape index (κ1) is 13.9. The Bertz CT molecular complexity index is 789. The molecule has 0 bridgehead atoms. The zero-order chi connectivity index (χ0) is 15.4. The van der Waals surface area contributed by atoms with E-state index in [1.54, 1.807) is 48.7 Å². The second-order valence-corrected chi connectivity index (χ2v) is 4.61. The van der Waals surface area contributed by atoms with Gasteiger partial charge in [-0.2, -0.15) is 0 Å². The van der Waals surface area contributed by atoms with Crippen LogP contribution in [0.5, 0.6) is 5.75 Å². The number of hydrogen-bond acceptors (Lipinski definition) is 3. The van der Waals surface area contributed by atoms with Crippen LogP contribution in [0.4, 0.5) is 4.39 Å². The van der Waals surface area contributed by atoms with Crippen LogP contribution in [0.15, 0.2) is 72.9 Å². The first-order valence-corrected chi connectivity index (χ1v) is 6.72. The number of ether oxygens (including phenoxy) is 1. The van der Waals surface area contributed by atoms with Gasteiger partial charge in [0.25, 0.3) is 0 Å². The van der Waals surface area contributed by atoms with Crippen LogP contribution in [0.2, 0.25) is 0 Å². The maximum atomic E-state index is 13.5. The molecule has 22 heavy (non-hydrogen) atoms. The molecule has 3 nitrogen and oxygen atoms in total. The van der Waals surface area contributed by atoms with E-state index in [1.807, 2.05) is 6.07 Å². The molecule has 0 N–H and O–H groups in total. The number of esters is 1. The second kappa shape index (κ2) is 6.18. The Morgan fingerprint density at radius 1 is 0.955 bits per heavy atom. The van der Waals surface area contributed by atoms with Crippen LogP contribution in [0.25, 0.3) is 11.3 Å². The van der Waals surface area contributed by atoms with Gasteiger partial charge >= 0.3 is 5.97 Å². The van der Waals surface area contributed by atoms with E-state index in [0.717, 1.165) is 0 Å². The average Bonchev–Trinajstić information content (AvgIpc) is 2.58. The first-order valence-electron chi connectivity index (χ1n) is 6.72. The van der Waals surface area contributed by atoms with Gasteiger partial charge in [0.1, 0.15) is 11.6 Å². The normalized spacial score (nSPS) is 10.2. The van der Waals surface area contributed by atoms with Gasteiger partial charge < -0.3 is 4.74 Å². The zero-order valence-electron chi connectivity index (χ0n) is 11.6. The number of aromatic nitrogens is 1. The maximum Gasteiger partial charge on any atom is 0.343 e. The lowest BCUT2D eigenvalue weighted by molar-refractivity contribution is 0.0735. The third-order valence-electron chi connectivity index (χ3n) is 3.09. The van der Waals surface area contributed by atoms with Gasteiger partial charge in [0.05, 0.1) is 11.3 Å². The number of carbonyl (C=O) groups is 1. The van der Waals surface area contributed by atoms with Gasteiger partial charge in [-0.25, -0.2) is 9.18 Å². The van der Waals surface area contributed by atoms with Gasteiger partial charge in [0.15, 0.2) is 0 Å². The quantitative estimate of drug-likeness (QED) is 0.539. The number of benzene rings is 2. The van der Waals surface area contributed by atoms with Crippen molar-refractivity contribution in [1.29, 1.82) is 0 Å². The minimum absolute atomic E-state index is 0.272. The van der Waals surface area contributed by atoms with Gasteiger partial charge in [-0.15, -0.1) is 0 Å². The summed E-state index contributed by atoms with van der Waals surface area (Å²) in [5, 5.41) is 0. The number of halogens is 1. The number of pyridine rings is 1. The number of rotatable bonds is 3. The summed E-state index contributed by atoms with van der Waals surface area (Å²) >= 11 is 0. The molecule has 0 spiro atoms. The van der Waals surface area contributed by atoms with Crippen LogP contribution in [-0.4, -0.2) is 11.0 Å². The number of carbonyl (C=O) groups excluding carboxylic acids is 1. The van der Waals surface area contributed by atoms with Crippen molar-refractivity contribution in [3.8, 4) is 17.0 Å².